The Morgan fingerprint density at radius 2 is 0.552 bits per heavy atom. The average molecular weight is 933 g/mol. The summed E-state index contributed by atoms with van der Waals surface area (Å²) in [6.07, 6.45) is 71.4. The van der Waals surface area contributed by atoms with Crippen LogP contribution in [0.4, 0.5) is 0 Å². The van der Waals surface area contributed by atoms with Gasteiger partial charge in [-0.2, -0.15) is 0 Å². The van der Waals surface area contributed by atoms with Gasteiger partial charge in [0.15, 0.2) is 6.10 Å². The molecule has 0 rings (SSSR count). The van der Waals surface area contributed by atoms with E-state index in [2.05, 4.69) is 106 Å². The van der Waals surface area contributed by atoms with Crippen molar-refractivity contribution >= 4 is 17.9 Å². The Labute approximate surface area is 414 Å². The lowest BCUT2D eigenvalue weighted by Crippen LogP contribution is -2.30. The molecule has 0 N–H and O–H groups in total. The summed E-state index contributed by atoms with van der Waals surface area (Å²) in [6, 6.07) is 0. The van der Waals surface area contributed by atoms with E-state index in [0.29, 0.717) is 12.8 Å². The maximum absolute atomic E-state index is 12.8. The highest BCUT2D eigenvalue weighted by Crippen LogP contribution is 2.14. The van der Waals surface area contributed by atoms with Crippen LogP contribution in [0, 0.1) is 0 Å². The fourth-order valence-corrected chi connectivity index (χ4v) is 7.55. The molecular formula is C61H104O6. The van der Waals surface area contributed by atoms with E-state index < -0.39 is 6.10 Å². The molecule has 67 heavy (non-hydrogen) atoms. The second-order valence-corrected chi connectivity index (χ2v) is 18.5. The highest BCUT2D eigenvalue weighted by Gasteiger charge is 2.19. The lowest BCUT2D eigenvalue weighted by atomic mass is 10.1. The third-order valence-electron chi connectivity index (χ3n) is 11.8. The number of carbonyl (C=O) groups excluding carboxylic acids is 3. The normalized spacial score (nSPS) is 12.7. The van der Waals surface area contributed by atoms with Crippen LogP contribution in [0.1, 0.15) is 265 Å². The van der Waals surface area contributed by atoms with Crippen molar-refractivity contribution in [3.63, 3.8) is 0 Å². The van der Waals surface area contributed by atoms with E-state index in [4.69, 9.17) is 14.2 Å². The van der Waals surface area contributed by atoms with Crippen molar-refractivity contribution in [1.82, 2.24) is 0 Å². The van der Waals surface area contributed by atoms with Crippen molar-refractivity contribution < 1.29 is 28.6 Å². The van der Waals surface area contributed by atoms with Crippen molar-refractivity contribution in [2.45, 2.75) is 271 Å². The molecule has 384 valence electrons. The van der Waals surface area contributed by atoms with Gasteiger partial charge in [-0.05, 0) is 116 Å². The maximum Gasteiger partial charge on any atom is 0.306 e. The minimum atomic E-state index is -0.798. The average Bonchev–Trinajstić information content (AvgIpc) is 3.33. The van der Waals surface area contributed by atoms with Crippen LogP contribution in [-0.2, 0) is 28.6 Å². The van der Waals surface area contributed by atoms with Gasteiger partial charge in [-0.1, -0.05) is 215 Å². The second-order valence-electron chi connectivity index (χ2n) is 18.5. The van der Waals surface area contributed by atoms with Gasteiger partial charge in [-0.25, -0.2) is 0 Å². The van der Waals surface area contributed by atoms with Gasteiger partial charge in [0.1, 0.15) is 13.2 Å². The van der Waals surface area contributed by atoms with E-state index >= 15 is 0 Å². The summed E-state index contributed by atoms with van der Waals surface area (Å²) in [6.45, 7) is 6.52. The van der Waals surface area contributed by atoms with Gasteiger partial charge in [0.2, 0.25) is 0 Å². The number of allylic oxidation sites excluding steroid dienone is 14. The van der Waals surface area contributed by atoms with Crippen LogP contribution in [0.2, 0.25) is 0 Å². The number of hydrogen-bond donors (Lipinski definition) is 0. The summed E-state index contributed by atoms with van der Waals surface area (Å²) in [5, 5.41) is 0. The van der Waals surface area contributed by atoms with Crippen LogP contribution in [0.25, 0.3) is 0 Å². The molecule has 0 amide bonds. The number of unbranched alkanes of at least 4 members (excludes halogenated alkanes) is 25. The first-order valence-electron chi connectivity index (χ1n) is 28.1. The van der Waals surface area contributed by atoms with Gasteiger partial charge in [0.05, 0.1) is 0 Å². The smallest absolute Gasteiger partial charge is 0.306 e. The van der Waals surface area contributed by atoms with Gasteiger partial charge in [-0.3, -0.25) is 14.4 Å². The third kappa shape index (κ3) is 53.4. The number of ether oxygens (including phenoxy) is 3. The van der Waals surface area contributed by atoms with Gasteiger partial charge in [-0.15, -0.1) is 0 Å². The lowest BCUT2D eigenvalue weighted by Gasteiger charge is -2.18. The van der Waals surface area contributed by atoms with Gasteiger partial charge in [0.25, 0.3) is 0 Å². The molecule has 0 unspecified atom stereocenters. The lowest BCUT2D eigenvalue weighted by molar-refractivity contribution is -0.167. The Bertz CT molecular complexity index is 1300. The highest BCUT2D eigenvalue weighted by molar-refractivity contribution is 5.71. The van der Waals surface area contributed by atoms with E-state index in [1.807, 2.05) is 0 Å². The van der Waals surface area contributed by atoms with Crippen LogP contribution in [-0.4, -0.2) is 37.2 Å². The highest BCUT2D eigenvalue weighted by atomic mass is 16.6. The van der Waals surface area contributed by atoms with E-state index in [1.54, 1.807) is 0 Å². The topological polar surface area (TPSA) is 78.9 Å². The quantitative estimate of drug-likeness (QED) is 0.0262. The monoisotopic (exact) mass is 933 g/mol. The standard InChI is InChI=1S/C61H104O6/c1-4-7-10-13-16-19-22-24-26-28-30-32-34-36-39-42-45-48-51-54-60(63)66-57-58(56-65-59(62)53-50-47-44-41-38-21-18-15-12-9-6-3)67-61(64)55-52-49-46-43-40-37-35-33-31-29-27-25-23-20-17-14-11-8-5-2/h15-20,24-27,31,33,37,40,58H,4-14,21-23,28-30,32,34-36,38-39,41-57H2,1-3H3/b18-15-,19-16-,20-17-,26-24-,27-25-,33-31-,40-37-/t58-/m0/s1. The number of carbonyl (C=O) groups is 3. The van der Waals surface area contributed by atoms with Gasteiger partial charge in [0, 0.05) is 19.3 Å². The molecule has 0 aromatic heterocycles. The van der Waals surface area contributed by atoms with Crippen molar-refractivity contribution in [2.75, 3.05) is 13.2 Å². The molecule has 0 saturated carbocycles. The zero-order valence-corrected chi connectivity index (χ0v) is 43.9. The Morgan fingerprint density at radius 3 is 0.910 bits per heavy atom. The summed E-state index contributed by atoms with van der Waals surface area (Å²) >= 11 is 0. The van der Waals surface area contributed by atoms with Crippen LogP contribution in [0.5, 0.6) is 0 Å². The molecule has 1 atom stereocenters. The first-order chi connectivity index (χ1) is 33.0. The zero-order chi connectivity index (χ0) is 48.6. The SMILES string of the molecule is CCCC/C=C\CCCCCCCC(=O)OC[C@@H](COC(=O)CCCCCCCCCCC/C=C\C/C=C\CCCCC)OC(=O)CCCCC/C=C\C/C=C\C/C=C\C/C=C\CCCCC. The van der Waals surface area contributed by atoms with Crippen molar-refractivity contribution in [3.05, 3.63) is 85.1 Å². The Balaban J connectivity index is 4.42. The van der Waals surface area contributed by atoms with Crippen LogP contribution < -0.4 is 0 Å². The summed E-state index contributed by atoms with van der Waals surface area (Å²) < 4.78 is 16.8. The minimum Gasteiger partial charge on any atom is -0.462 e. The Kier molecular flexibility index (Phi) is 52.4. The molecule has 6 heteroatoms. The van der Waals surface area contributed by atoms with Crippen molar-refractivity contribution in [1.29, 1.82) is 0 Å². The van der Waals surface area contributed by atoms with E-state index in [0.717, 1.165) is 103 Å². The number of rotatable bonds is 50. The summed E-state index contributed by atoms with van der Waals surface area (Å²) in [5.41, 5.74) is 0. The summed E-state index contributed by atoms with van der Waals surface area (Å²) in [4.78, 5) is 38.1. The van der Waals surface area contributed by atoms with E-state index in [-0.39, 0.29) is 37.5 Å². The third-order valence-corrected chi connectivity index (χ3v) is 11.8. The predicted octanol–water partition coefficient (Wildman–Crippen LogP) is 18.8. The number of hydrogen-bond acceptors (Lipinski definition) is 6. The summed E-state index contributed by atoms with van der Waals surface area (Å²) in [7, 11) is 0. The van der Waals surface area contributed by atoms with Gasteiger partial charge >= 0.3 is 17.9 Å². The second kappa shape index (κ2) is 55.2. The summed E-state index contributed by atoms with van der Waals surface area (Å²) in [5.74, 6) is -0.937. The molecule has 0 radical (unpaired) electrons. The molecule has 0 aliphatic carbocycles. The molecule has 0 aromatic rings. The molecule has 0 bridgehead atoms. The maximum atomic E-state index is 12.8. The number of esters is 3. The first kappa shape index (κ1) is 63.6. The molecule has 0 heterocycles. The largest absolute Gasteiger partial charge is 0.462 e. The van der Waals surface area contributed by atoms with Crippen LogP contribution in [0.3, 0.4) is 0 Å². The molecule has 0 aliphatic rings. The van der Waals surface area contributed by atoms with E-state index in [9.17, 15) is 14.4 Å². The predicted molar refractivity (Wildman–Crippen MR) is 288 cm³/mol. The van der Waals surface area contributed by atoms with Crippen LogP contribution >= 0.6 is 0 Å². The molecule has 0 aliphatic heterocycles. The molecule has 0 aromatic carbocycles. The molecule has 6 nitrogen and oxygen atoms in total. The Morgan fingerprint density at radius 1 is 0.299 bits per heavy atom. The minimum absolute atomic E-state index is 0.0945. The van der Waals surface area contributed by atoms with E-state index in [1.165, 1.54) is 122 Å². The molecule has 0 fully saturated rings. The Hall–Kier alpha value is -3.41. The fourth-order valence-electron chi connectivity index (χ4n) is 7.55. The molecule has 0 spiro atoms. The zero-order valence-electron chi connectivity index (χ0n) is 43.9. The first-order valence-corrected chi connectivity index (χ1v) is 28.1. The fraction of sp³-hybridized carbons (Fsp3) is 0.721. The van der Waals surface area contributed by atoms with Crippen LogP contribution in [0.15, 0.2) is 85.1 Å². The van der Waals surface area contributed by atoms with Crippen molar-refractivity contribution in [3.8, 4) is 0 Å². The van der Waals surface area contributed by atoms with Crippen molar-refractivity contribution in [2.24, 2.45) is 0 Å². The van der Waals surface area contributed by atoms with Gasteiger partial charge < -0.3 is 14.2 Å². The molecule has 0 saturated heterocycles. The molecular weight excluding hydrogens is 829 g/mol.